The Bertz CT molecular complexity index is 1200. The molecule has 4 aromatic rings. The first-order valence-electron chi connectivity index (χ1n) is 10.7. The number of hydrogen-bond donors (Lipinski definition) is 1. The molecule has 0 spiro atoms. The first kappa shape index (κ1) is 21.1. The van der Waals surface area contributed by atoms with Gasteiger partial charge in [0, 0.05) is 34.8 Å². The third kappa shape index (κ3) is 4.64. The van der Waals surface area contributed by atoms with Gasteiger partial charge in [0.15, 0.2) is 0 Å². The largest absolute Gasteiger partial charge is 0.354 e. The summed E-state index contributed by atoms with van der Waals surface area (Å²) in [6.07, 6.45) is 3.99. The number of carbonyl (C=O) groups is 1. The number of aromatic nitrogens is 2. The van der Waals surface area contributed by atoms with Crippen LogP contribution in [0.4, 0.5) is 0 Å². The molecular formula is C26H26ClN3O. The Hall–Kier alpha value is -3.11. The van der Waals surface area contributed by atoms with E-state index in [1.807, 2.05) is 61.5 Å². The Kier molecular flexibility index (Phi) is 6.38. The van der Waals surface area contributed by atoms with Crippen LogP contribution in [0.3, 0.4) is 0 Å². The van der Waals surface area contributed by atoms with Gasteiger partial charge in [-0.05, 0) is 43.5 Å². The number of hydrogen-bond acceptors (Lipinski definition) is 2. The second-order valence-electron chi connectivity index (χ2n) is 7.78. The van der Waals surface area contributed by atoms with Crippen molar-refractivity contribution >= 4 is 23.2 Å². The highest BCUT2D eigenvalue weighted by atomic mass is 35.5. The quantitative estimate of drug-likeness (QED) is 0.380. The molecule has 158 valence electrons. The lowest BCUT2D eigenvalue weighted by molar-refractivity contribution is -0.121. The zero-order chi connectivity index (χ0) is 21.8. The van der Waals surface area contributed by atoms with E-state index in [2.05, 4.69) is 35.0 Å². The fraction of sp³-hybridized carbons (Fsp3) is 0.231. The van der Waals surface area contributed by atoms with Gasteiger partial charge < -0.3 is 9.72 Å². The number of imidazole rings is 1. The maximum Gasteiger partial charge on any atom is 0.220 e. The molecule has 4 nitrogen and oxygen atoms in total. The maximum absolute atomic E-state index is 12.5. The first-order chi connectivity index (χ1) is 15.1. The monoisotopic (exact) mass is 431 g/mol. The minimum Gasteiger partial charge on any atom is -0.354 e. The van der Waals surface area contributed by atoms with Crippen LogP contribution >= 0.6 is 11.6 Å². The molecule has 0 saturated carbocycles. The SMILES string of the molecule is CCC(C)NC(=O)CCc1c(-c2ccccc2)nc2ccc(-c3ccccc3Cl)cn12. The molecule has 0 bridgehead atoms. The predicted molar refractivity (Wildman–Crippen MR) is 127 cm³/mol. The van der Waals surface area contributed by atoms with Crippen molar-refractivity contribution < 1.29 is 4.79 Å². The van der Waals surface area contributed by atoms with Crippen molar-refractivity contribution in [1.82, 2.24) is 14.7 Å². The van der Waals surface area contributed by atoms with Crippen LogP contribution in [0.15, 0.2) is 72.9 Å². The van der Waals surface area contributed by atoms with E-state index in [0.29, 0.717) is 17.9 Å². The molecule has 0 aliphatic heterocycles. The van der Waals surface area contributed by atoms with Crippen LogP contribution in [-0.4, -0.2) is 21.3 Å². The molecule has 2 heterocycles. The molecule has 4 rings (SSSR count). The lowest BCUT2D eigenvalue weighted by Gasteiger charge is -2.12. The van der Waals surface area contributed by atoms with Gasteiger partial charge in [-0.1, -0.05) is 67.1 Å². The molecule has 5 heteroatoms. The topological polar surface area (TPSA) is 46.4 Å². The maximum atomic E-state index is 12.5. The molecule has 2 aromatic heterocycles. The number of fused-ring (bicyclic) bond motifs is 1. The number of rotatable bonds is 7. The fourth-order valence-electron chi connectivity index (χ4n) is 3.70. The molecule has 1 amide bonds. The third-order valence-electron chi connectivity index (χ3n) is 5.56. The van der Waals surface area contributed by atoms with E-state index < -0.39 is 0 Å². The number of aryl methyl sites for hydroxylation is 1. The molecule has 0 radical (unpaired) electrons. The summed E-state index contributed by atoms with van der Waals surface area (Å²) in [7, 11) is 0. The summed E-state index contributed by atoms with van der Waals surface area (Å²) in [6.45, 7) is 4.09. The highest BCUT2D eigenvalue weighted by Gasteiger charge is 2.17. The van der Waals surface area contributed by atoms with Gasteiger partial charge in [0.2, 0.25) is 5.91 Å². The van der Waals surface area contributed by atoms with E-state index in [-0.39, 0.29) is 11.9 Å². The van der Waals surface area contributed by atoms with E-state index in [4.69, 9.17) is 16.6 Å². The van der Waals surface area contributed by atoms with Crippen molar-refractivity contribution in [1.29, 1.82) is 0 Å². The second kappa shape index (κ2) is 9.36. The highest BCUT2D eigenvalue weighted by molar-refractivity contribution is 6.33. The highest BCUT2D eigenvalue weighted by Crippen LogP contribution is 2.31. The van der Waals surface area contributed by atoms with E-state index >= 15 is 0 Å². The van der Waals surface area contributed by atoms with Crippen LogP contribution in [0.1, 0.15) is 32.4 Å². The fourth-order valence-corrected chi connectivity index (χ4v) is 3.94. The number of carbonyl (C=O) groups excluding carboxylic acids is 1. The standard InChI is InChI=1S/C26H26ClN3O/c1-3-18(2)28-25(31)16-14-23-26(19-9-5-4-6-10-19)29-24-15-13-20(17-30(23)24)21-11-7-8-12-22(21)27/h4-13,15,17-18H,3,14,16H2,1-2H3,(H,28,31). The van der Waals surface area contributed by atoms with Crippen LogP contribution in [0.5, 0.6) is 0 Å². The van der Waals surface area contributed by atoms with Gasteiger partial charge in [0.1, 0.15) is 5.65 Å². The van der Waals surface area contributed by atoms with Crippen molar-refractivity contribution in [2.45, 2.75) is 39.2 Å². The van der Waals surface area contributed by atoms with Crippen LogP contribution in [0, 0.1) is 0 Å². The van der Waals surface area contributed by atoms with Gasteiger partial charge in [-0.25, -0.2) is 4.98 Å². The van der Waals surface area contributed by atoms with E-state index in [1.54, 1.807) is 0 Å². The minimum atomic E-state index is 0.0607. The van der Waals surface area contributed by atoms with E-state index in [9.17, 15) is 4.79 Å². The number of benzene rings is 2. The number of pyridine rings is 1. The zero-order valence-electron chi connectivity index (χ0n) is 17.8. The molecular weight excluding hydrogens is 406 g/mol. The lowest BCUT2D eigenvalue weighted by atomic mass is 10.1. The normalized spacial score (nSPS) is 12.1. The van der Waals surface area contributed by atoms with Crippen molar-refractivity contribution in [2.24, 2.45) is 0 Å². The molecule has 1 unspecified atom stereocenters. The van der Waals surface area contributed by atoms with E-state index in [1.165, 1.54) is 0 Å². The number of halogens is 1. The summed E-state index contributed by atoms with van der Waals surface area (Å²) in [6, 6.07) is 22.2. The van der Waals surface area contributed by atoms with Crippen molar-refractivity contribution in [2.75, 3.05) is 0 Å². The molecule has 0 saturated heterocycles. The van der Waals surface area contributed by atoms with Gasteiger partial charge in [0.05, 0.1) is 11.4 Å². The molecule has 0 fully saturated rings. The van der Waals surface area contributed by atoms with Gasteiger partial charge in [-0.15, -0.1) is 0 Å². The number of nitrogens with zero attached hydrogens (tertiary/aromatic N) is 2. The predicted octanol–water partition coefficient (Wildman–Crippen LogP) is 6.17. The van der Waals surface area contributed by atoms with Crippen LogP contribution < -0.4 is 5.32 Å². The Morgan fingerprint density at radius 2 is 1.77 bits per heavy atom. The molecule has 0 aliphatic carbocycles. The van der Waals surface area contributed by atoms with Crippen molar-refractivity contribution in [3.05, 3.63) is 83.6 Å². The summed E-state index contributed by atoms with van der Waals surface area (Å²) in [5.41, 5.74) is 5.82. The Balaban J connectivity index is 1.76. The summed E-state index contributed by atoms with van der Waals surface area (Å²) in [5, 5.41) is 3.77. The molecule has 0 aliphatic rings. The second-order valence-corrected chi connectivity index (χ2v) is 8.18. The van der Waals surface area contributed by atoms with Crippen molar-refractivity contribution in [3.63, 3.8) is 0 Å². The first-order valence-corrected chi connectivity index (χ1v) is 11.0. The van der Waals surface area contributed by atoms with Gasteiger partial charge in [0.25, 0.3) is 0 Å². The average molecular weight is 432 g/mol. The molecule has 31 heavy (non-hydrogen) atoms. The Labute approximate surface area is 187 Å². The Morgan fingerprint density at radius 1 is 1.03 bits per heavy atom. The van der Waals surface area contributed by atoms with Crippen molar-refractivity contribution in [3.8, 4) is 22.4 Å². The van der Waals surface area contributed by atoms with Crippen LogP contribution in [-0.2, 0) is 11.2 Å². The lowest BCUT2D eigenvalue weighted by Crippen LogP contribution is -2.32. The number of amides is 1. The minimum absolute atomic E-state index is 0.0607. The summed E-state index contributed by atoms with van der Waals surface area (Å²) >= 11 is 6.44. The average Bonchev–Trinajstić information content (AvgIpc) is 3.16. The zero-order valence-corrected chi connectivity index (χ0v) is 18.6. The molecule has 1 N–H and O–H groups in total. The molecule has 1 atom stereocenters. The molecule has 2 aromatic carbocycles. The smallest absolute Gasteiger partial charge is 0.220 e. The van der Waals surface area contributed by atoms with Gasteiger partial charge in [-0.3, -0.25) is 4.79 Å². The van der Waals surface area contributed by atoms with Gasteiger partial charge in [-0.2, -0.15) is 0 Å². The Morgan fingerprint density at radius 3 is 2.52 bits per heavy atom. The summed E-state index contributed by atoms with van der Waals surface area (Å²) in [4.78, 5) is 17.4. The number of nitrogens with one attached hydrogen (secondary N) is 1. The van der Waals surface area contributed by atoms with Gasteiger partial charge >= 0.3 is 0 Å². The summed E-state index contributed by atoms with van der Waals surface area (Å²) < 4.78 is 2.09. The third-order valence-corrected chi connectivity index (χ3v) is 5.89. The van der Waals surface area contributed by atoms with Crippen LogP contribution in [0.2, 0.25) is 5.02 Å². The summed E-state index contributed by atoms with van der Waals surface area (Å²) in [5.74, 6) is 0.0607. The van der Waals surface area contributed by atoms with E-state index in [0.717, 1.165) is 40.1 Å². The van der Waals surface area contributed by atoms with Crippen LogP contribution in [0.25, 0.3) is 28.0 Å².